The zero-order chi connectivity index (χ0) is 18.1. The third-order valence-corrected chi connectivity index (χ3v) is 3.97. The second-order valence-electron chi connectivity index (χ2n) is 5.59. The molecule has 0 atom stereocenters. The van der Waals surface area contributed by atoms with Gasteiger partial charge in [0.25, 0.3) is 0 Å². The predicted octanol–water partition coefficient (Wildman–Crippen LogP) is 3.79. The fourth-order valence-corrected chi connectivity index (χ4v) is 2.71. The summed E-state index contributed by atoms with van der Waals surface area (Å²) < 4.78 is 21.5. The van der Waals surface area contributed by atoms with E-state index in [4.69, 9.17) is 18.6 Å². The third kappa shape index (κ3) is 2.82. The molecule has 3 aromatic rings. The Morgan fingerprint density at radius 2 is 1.81 bits per heavy atom. The predicted molar refractivity (Wildman–Crippen MR) is 96.4 cm³/mol. The zero-order valence-corrected chi connectivity index (χ0v) is 14.2. The highest BCUT2D eigenvalue weighted by Gasteiger charge is 2.25. The molecule has 26 heavy (non-hydrogen) atoms. The molecule has 0 aliphatic carbocycles. The van der Waals surface area contributed by atoms with Crippen molar-refractivity contribution in [1.29, 1.82) is 0 Å². The molecule has 1 aromatic heterocycles. The van der Waals surface area contributed by atoms with E-state index in [0.717, 1.165) is 11.0 Å². The lowest BCUT2D eigenvalue weighted by Crippen LogP contribution is -2.05. The Kier molecular flexibility index (Phi) is 3.93. The van der Waals surface area contributed by atoms with Crippen LogP contribution >= 0.6 is 0 Å². The van der Waals surface area contributed by atoms with Gasteiger partial charge in [-0.1, -0.05) is 18.2 Å². The summed E-state index contributed by atoms with van der Waals surface area (Å²) in [5.74, 6) is 1.32. The first kappa shape index (κ1) is 16.0. The van der Waals surface area contributed by atoms with E-state index in [1.165, 1.54) is 7.11 Å². The molecule has 0 unspecified atom stereocenters. The van der Waals surface area contributed by atoms with Gasteiger partial charge in [-0.15, -0.1) is 0 Å². The molecule has 0 fully saturated rings. The van der Waals surface area contributed by atoms with Gasteiger partial charge in [-0.05, 0) is 30.3 Å². The molecular formula is C20H15NO5. The number of fused-ring (bicyclic) bond motifs is 1. The second-order valence-corrected chi connectivity index (χ2v) is 5.59. The fourth-order valence-electron chi connectivity index (χ4n) is 2.71. The number of furan rings is 1. The number of cyclic esters (lactones) is 1. The van der Waals surface area contributed by atoms with Crippen molar-refractivity contribution in [3.05, 3.63) is 65.6 Å². The molecule has 0 amide bonds. The van der Waals surface area contributed by atoms with E-state index in [9.17, 15) is 4.79 Å². The van der Waals surface area contributed by atoms with E-state index in [2.05, 4.69) is 4.99 Å². The maximum Gasteiger partial charge on any atom is 0.363 e. The first-order valence-corrected chi connectivity index (χ1v) is 7.91. The van der Waals surface area contributed by atoms with Crippen molar-refractivity contribution in [3.63, 3.8) is 0 Å². The number of carbonyl (C=O) groups is 1. The molecule has 1 aliphatic heterocycles. The molecule has 2 aromatic carbocycles. The molecule has 0 N–H and O–H groups in total. The van der Waals surface area contributed by atoms with Gasteiger partial charge >= 0.3 is 5.97 Å². The minimum Gasteiger partial charge on any atom is -0.493 e. The van der Waals surface area contributed by atoms with E-state index >= 15 is 0 Å². The summed E-state index contributed by atoms with van der Waals surface area (Å²) in [5.41, 5.74) is 1.53. The van der Waals surface area contributed by atoms with Crippen LogP contribution in [0.25, 0.3) is 17.0 Å². The highest BCUT2D eigenvalue weighted by Crippen LogP contribution is 2.30. The van der Waals surface area contributed by atoms with E-state index in [1.54, 1.807) is 31.4 Å². The lowest BCUT2D eigenvalue weighted by molar-refractivity contribution is -0.129. The molecular weight excluding hydrogens is 334 g/mol. The maximum atomic E-state index is 12.2. The molecule has 130 valence electrons. The standard InChI is InChI=1S/C20H15NO5/c1-23-17-8-7-13(10-18(17)24-2)19-21-15(20(22)26-19)11-14-9-12-5-3-4-6-16(12)25-14/h3-11H,1-2H3. The molecule has 0 spiro atoms. The molecule has 4 rings (SSSR count). The van der Waals surface area contributed by atoms with E-state index in [1.807, 2.05) is 30.3 Å². The molecule has 0 saturated heterocycles. The molecule has 6 nitrogen and oxygen atoms in total. The van der Waals surface area contributed by atoms with Gasteiger partial charge in [0.05, 0.1) is 14.2 Å². The number of nitrogens with zero attached hydrogens (tertiary/aromatic N) is 1. The second kappa shape index (κ2) is 6.40. The summed E-state index contributed by atoms with van der Waals surface area (Å²) in [5, 5.41) is 0.954. The van der Waals surface area contributed by atoms with Crippen LogP contribution in [0, 0.1) is 0 Å². The van der Waals surface area contributed by atoms with Gasteiger partial charge in [-0.3, -0.25) is 0 Å². The smallest absolute Gasteiger partial charge is 0.363 e. The van der Waals surface area contributed by atoms with E-state index < -0.39 is 5.97 Å². The Balaban J connectivity index is 1.69. The molecule has 6 heteroatoms. The summed E-state index contributed by atoms with van der Waals surface area (Å²) >= 11 is 0. The van der Waals surface area contributed by atoms with Crippen LogP contribution in [0.2, 0.25) is 0 Å². The van der Waals surface area contributed by atoms with Crippen molar-refractivity contribution >= 4 is 28.9 Å². The van der Waals surface area contributed by atoms with Gasteiger partial charge in [0.1, 0.15) is 11.3 Å². The van der Waals surface area contributed by atoms with Crippen LogP contribution in [-0.2, 0) is 9.53 Å². The van der Waals surface area contributed by atoms with Gasteiger partial charge in [0.2, 0.25) is 5.90 Å². The van der Waals surface area contributed by atoms with Crippen molar-refractivity contribution in [1.82, 2.24) is 0 Å². The van der Waals surface area contributed by atoms with Gasteiger partial charge < -0.3 is 18.6 Å². The first-order chi connectivity index (χ1) is 12.7. The number of methoxy groups -OCH3 is 2. The van der Waals surface area contributed by atoms with Crippen LogP contribution < -0.4 is 9.47 Å². The number of carbonyl (C=O) groups excluding carboxylic acids is 1. The number of hydrogen-bond acceptors (Lipinski definition) is 6. The van der Waals surface area contributed by atoms with E-state index in [0.29, 0.717) is 22.8 Å². The monoisotopic (exact) mass is 349 g/mol. The zero-order valence-electron chi connectivity index (χ0n) is 14.2. The van der Waals surface area contributed by atoms with Crippen molar-refractivity contribution in [2.24, 2.45) is 4.99 Å². The summed E-state index contributed by atoms with van der Waals surface area (Å²) in [7, 11) is 3.09. The Morgan fingerprint density at radius 3 is 2.58 bits per heavy atom. The summed E-state index contributed by atoms with van der Waals surface area (Å²) in [6.45, 7) is 0. The Morgan fingerprint density at radius 1 is 1.00 bits per heavy atom. The Hall–Kier alpha value is -3.54. The number of esters is 1. The van der Waals surface area contributed by atoms with Gasteiger partial charge in [0.15, 0.2) is 17.2 Å². The van der Waals surface area contributed by atoms with Crippen LogP contribution in [0.15, 0.2) is 63.6 Å². The fraction of sp³-hybridized carbons (Fsp3) is 0.100. The number of para-hydroxylation sites is 1. The van der Waals surface area contributed by atoms with Gasteiger partial charge in [-0.25, -0.2) is 9.79 Å². The molecule has 2 heterocycles. The average Bonchev–Trinajstić information content (AvgIpc) is 3.24. The molecule has 0 radical (unpaired) electrons. The van der Waals surface area contributed by atoms with Crippen LogP contribution in [0.5, 0.6) is 11.5 Å². The van der Waals surface area contributed by atoms with Crippen molar-refractivity contribution < 1.29 is 23.4 Å². The Bertz CT molecular complexity index is 1030. The minimum atomic E-state index is -0.532. The van der Waals surface area contributed by atoms with Crippen molar-refractivity contribution in [2.75, 3.05) is 14.2 Å². The summed E-state index contributed by atoms with van der Waals surface area (Å²) in [6.07, 6.45) is 1.57. The summed E-state index contributed by atoms with van der Waals surface area (Å²) in [4.78, 5) is 16.4. The van der Waals surface area contributed by atoms with Gasteiger partial charge in [-0.2, -0.15) is 0 Å². The first-order valence-electron chi connectivity index (χ1n) is 7.91. The lowest BCUT2D eigenvalue weighted by Gasteiger charge is -2.08. The quantitative estimate of drug-likeness (QED) is 0.529. The largest absolute Gasteiger partial charge is 0.493 e. The van der Waals surface area contributed by atoms with Crippen LogP contribution in [0.1, 0.15) is 11.3 Å². The molecule has 0 saturated carbocycles. The minimum absolute atomic E-state index is 0.175. The maximum absolute atomic E-state index is 12.2. The lowest BCUT2D eigenvalue weighted by atomic mass is 10.2. The van der Waals surface area contributed by atoms with Crippen LogP contribution in [0.3, 0.4) is 0 Å². The number of benzene rings is 2. The molecule has 0 bridgehead atoms. The highest BCUT2D eigenvalue weighted by atomic mass is 16.6. The van der Waals surface area contributed by atoms with Crippen LogP contribution in [-0.4, -0.2) is 26.1 Å². The summed E-state index contributed by atoms with van der Waals surface area (Å²) in [6, 6.07) is 14.6. The number of ether oxygens (including phenoxy) is 3. The number of rotatable bonds is 4. The van der Waals surface area contributed by atoms with E-state index in [-0.39, 0.29) is 11.6 Å². The Labute approximate surface area is 149 Å². The average molecular weight is 349 g/mol. The van der Waals surface area contributed by atoms with Crippen molar-refractivity contribution in [3.8, 4) is 11.5 Å². The van der Waals surface area contributed by atoms with Crippen molar-refractivity contribution in [2.45, 2.75) is 0 Å². The number of hydrogen-bond donors (Lipinski definition) is 0. The molecule has 1 aliphatic rings. The normalized spacial score (nSPS) is 15.2. The number of aliphatic imine (C=N–C) groups is 1. The van der Waals surface area contributed by atoms with Gasteiger partial charge in [0, 0.05) is 17.0 Å². The topological polar surface area (TPSA) is 70.3 Å². The van der Waals surface area contributed by atoms with Crippen LogP contribution in [0.4, 0.5) is 0 Å². The SMILES string of the molecule is COc1ccc(C2=NC(=Cc3cc4ccccc4o3)C(=O)O2)cc1OC. The highest BCUT2D eigenvalue weighted by molar-refractivity contribution is 6.13. The third-order valence-electron chi connectivity index (χ3n) is 3.97.